The molecule has 0 amide bonds. The molecule has 18 heavy (non-hydrogen) atoms. The van der Waals surface area contributed by atoms with Gasteiger partial charge in [0.2, 0.25) is 0 Å². The molecule has 0 fully saturated rings. The van der Waals surface area contributed by atoms with Gasteiger partial charge in [0.15, 0.2) is 0 Å². The fraction of sp³-hybridized carbons (Fsp3) is 0.533. The summed E-state index contributed by atoms with van der Waals surface area (Å²) in [7, 11) is 0. The molecule has 98 valence electrons. The Balaban J connectivity index is 2.90. The third-order valence-electron chi connectivity index (χ3n) is 2.27. The van der Waals surface area contributed by atoms with Crippen molar-refractivity contribution in [2.24, 2.45) is 0 Å². The molecular weight excluding hydrogens is 224 g/mol. The van der Waals surface area contributed by atoms with Crippen molar-refractivity contribution >= 4 is 0 Å². The zero-order valence-electron chi connectivity index (χ0n) is 11.8. The summed E-state index contributed by atoms with van der Waals surface area (Å²) in [6.45, 7) is 10.1. The largest absolute Gasteiger partial charge is 0.491 e. The van der Waals surface area contributed by atoms with Crippen molar-refractivity contribution in [2.45, 2.75) is 52.3 Å². The molecule has 0 aliphatic carbocycles. The number of nitrogens with one attached hydrogen (secondary N) is 1. The molecule has 1 N–H and O–H groups in total. The zero-order chi connectivity index (χ0) is 13.8. The van der Waals surface area contributed by atoms with Gasteiger partial charge in [-0.1, -0.05) is 12.1 Å². The number of ether oxygens (including phenoxy) is 1. The van der Waals surface area contributed by atoms with Crippen LogP contribution in [0.3, 0.4) is 0 Å². The molecule has 0 saturated carbocycles. The molecule has 0 aromatic heterocycles. The lowest BCUT2D eigenvalue weighted by Gasteiger charge is -2.25. The maximum Gasteiger partial charge on any atom is 0.121 e. The van der Waals surface area contributed by atoms with Gasteiger partial charge in [0.05, 0.1) is 12.2 Å². The highest BCUT2D eigenvalue weighted by Gasteiger charge is 2.18. The topological polar surface area (TPSA) is 45.0 Å². The van der Waals surface area contributed by atoms with E-state index >= 15 is 0 Å². The maximum absolute atomic E-state index is 9.26. The van der Waals surface area contributed by atoms with Gasteiger partial charge in [-0.2, -0.15) is 5.26 Å². The van der Waals surface area contributed by atoms with Crippen LogP contribution in [0.2, 0.25) is 0 Å². The van der Waals surface area contributed by atoms with Gasteiger partial charge in [-0.25, -0.2) is 0 Å². The van der Waals surface area contributed by atoms with Crippen LogP contribution in [-0.4, -0.2) is 11.6 Å². The number of rotatable bonds is 4. The fourth-order valence-corrected chi connectivity index (χ4v) is 1.66. The Hall–Kier alpha value is -1.53. The molecule has 0 saturated heterocycles. The first-order valence-corrected chi connectivity index (χ1v) is 6.26. The number of nitrogens with zero attached hydrogens (tertiary/aromatic N) is 1. The third-order valence-corrected chi connectivity index (χ3v) is 2.27. The van der Waals surface area contributed by atoms with Crippen molar-refractivity contribution in [3.63, 3.8) is 0 Å². The summed E-state index contributed by atoms with van der Waals surface area (Å²) < 4.78 is 5.64. The lowest BCUT2D eigenvalue weighted by atomic mass is 10.0. The minimum absolute atomic E-state index is 0.102. The molecule has 1 unspecified atom stereocenters. The predicted molar refractivity (Wildman–Crippen MR) is 73.4 cm³/mol. The van der Waals surface area contributed by atoms with Gasteiger partial charge in [0.25, 0.3) is 0 Å². The lowest BCUT2D eigenvalue weighted by Crippen LogP contribution is -2.38. The van der Waals surface area contributed by atoms with E-state index in [1.807, 2.05) is 58.9 Å². The Kier molecular flexibility index (Phi) is 4.75. The van der Waals surface area contributed by atoms with E-state index in [-0.39, 0.29) is 17.7 Å². The highest BCUT2D eigenvalue weighted by Crippen LogP contribution is 2.21. The first-order chi connectivity index (χ1) is 8.31. The normalized spacial score (nSPS) is 13.2. The van der Waals surface area contributed by atoms with Crippen LogP contribution in [0.4, 0.5) is 0 Å². The molecule has 0 radical (unpaired) electrons. The number of benzene rings is 1. The average Bonchev–Trinajstić information content (AvgIpc) is 2.24. The van der Waals surface area contributed by atoms with E-state index in [2.05, 4.69) is 11.4 Å². The van der Waals surface area contributed by atoms with Crippen molar-refractivity contribution in [2.75, 3.05) is 0 Å². The second-order valence-corrected chi connectivity index (χ2v) is 5.70. The Morgan fingerprint density at radius 3 is 2.44 bits per heavy atom. The summed E-state index contributed by atoms with van der Waals surface area (Å²) >= 11 is 0. The Bertz CT molecular complexity index is 427. The lowest BCUT2D eigenvalue weighted by molar-refractivity contribution is 0.242. The Labute approximate surface area is 110 Å². The molecular formula is C15H22N2O. The summed E-state index contributed by atoms with van der Waals surface area (Å²) in [6.07, 6.45) is 0.136. The molecule has 1 aromatic carbocycles. The predicted octanol–water partition coefficient (Wildman–Crippen LogP) is 3.43. The van der Waals surface area contributed by atoms with Crippen LogP contribution < -0.4 is 10.1 Å². The molecule has 1 rings (SSSR count). The van der Waals surface area contributed by atoms with Gasteiger partial charge in [-0.05, 0) is 52.3 Å². The standard InChI is InChI=1S/C15H22N2O/c1-11(2)18-13-8-6-7-12(9-13)14(10-16)17-15(3,4)5/h6-9,11,14,17H,1-5H3. The SMILES string of the molecule is CC(C)Oc1cccc(C(C#N)NC(C)(C)C)c1. The van der Waals surface area contributed by atoms with Crippen molar-refractivity contribution in [1.82, 2.24) is 5.32 Å². The summed E-state index contributed by atoms with van der Waals surface area (Å²) in [5, 5.41) is 12.5. The molecule has 1 atom stereocenters. The summed E-state index contributed by atoms with van der Waals surface area (Å²) in [5.41, 5.74) is 0.834. The van der Waals surface area contributed by atoms with Crippen molar-refractivity contribution in [3.05, 3.63) is 29.8 Å². The summed E-state index contributed by atoms with van der Waals surface area (Å²) in [4.78, 5) is 0. The van der Waals surface area contributed by atoms with E-state index in [1.54, 1.807) is 0 Å². The summed E-state index contributed by atoms with van der Waals surface area (Å²) in [5.74, 6) is 0.804. The van der Waals surface area contributed by atoms with E-state index in [4.69, 9.17) is 4.74 Å². The number of hydrogen-bond acceptors (Lipinski definition) is 3. The van der Waals surface area contributed by atoms with Crippen LogP contribution >= 0.6 is 0 Å². The fourth-order valence-electron chi connectivity index (χ4n) is 1.66. The van der Waals surface area contributed by atoms with Crippen LogP contribution in [0.25, 0.3) is 0 Å². The van der Waals surface area contributed by atoms with Crippen LogP contribution in [0, 0.1) is 11.3 Å². The smallest absolute Gasteiger partial charge is 0.121 e. The van der Waals surface area contributed by atoms with Gasteiger partial charge >= 0.3 is 0 Å². The van der Waals surface area contributed by atoms with E-state index < -0.39 is 0 Å². The van der Waals surface area contributed by atoms with E-state index in [0.29, 0.717) is 0 Å². The quantitative estimate of drug-likeness (QED) is 0.885. The molecule has 0 spiro atoms. The van der Waals surface area contributed by atoms with Crippen molar-refractivity contribution in [3.8, 4) is 11.8 Å². The van der Waals surface area contributed by atoms with Crippen LogP contribution in [0.5, 0.6) is 5.75 Å². The van der Waals surface area contributed by atoms with Crippen molar-refractivity contribution < 1.29 is 4.74 Å². The Morgan fingerprint density at radius 2 is 1.94 bits per heavy atom. The highest BCUT2D eigenvalue weighted by molar-refractivity contribution is 5.33. The second-order valence-electron chi connectivity index (χ2n) is 5.70. The zero-order valence-corrected chi connectivity index (χ0v) is 11.8. The van der Waals surface area contributed by atoms with Gasteiger partial charge in [0, 0.05) is 5.54 Å². The monoisotopic (exact) mass is 246 g/mol. The van der Waals surface area contributed by atoms with Gasteiger partial charge in [0.1, 0.15) is 11.8 Å². The van der Waals surface area contributed by atoms with E-state index in [9.17, 15) is 5.26 Å². The maximum atomic E-state index is 9.26. The summed E-state index contributed by atoms with van der Waals surface area (Å²) in [6, 6.07) is 9.67. The van der Waals surface area contributed by atoms with Gasteiger partial charge in [-0.15, -0.1) is 0 Å². The average molecular weight is 246 g/mol. The highest BCUT2D eigenvalue weighted by atomic mass is 16.5. The minimum atomic E-state index is -0.319. The molecule has 0 heterocycles. The number of hydrogen-bond donors (Lipinski definition) is 1. The third kappa shape index (κ3) is 4.77. The van der Waals surface area contributed by atoms with Crippen molar-refractivity contribution in [1.29, 1.82) is 5.26 Å². The number of nitriles is 1. The van der Waals surface area contributed by atoms with Gasteiger partial charge < -0.3 is 4.74 Å². The van der Waals surface area contributed by atoms with E-state index in [1.165, 1.54) is 0 Å². The van der Waals surface area contributed by atoms with Crippen LogP contribution in [0.1, 0.15) is 46.2 Å². The van der Waals surface area contributed by atoms with Crippen LogP contribution in [0.15, 0.2) is 24.3 Å². The first-order valence-electron chi connectivity index (χ1n) is 6.26. The molecule has 0 aliphatic rings. The molecule has 0 bridgehead atoms. The Morgan fingerprint density at radius 1 is 1.28 bits per heavy atom. The van der Waals surface area contributed by atoms with Gasteiger partial charge in [-0.3, -0.25) is 5.32 Å². The minimum Gasteiger partial charge on any atom is -0.491 e. The molecule has 3 heteroatoms. The molecule has 1 aromatic rings. The molecule has 0 aliphatic heterocycles. The van der Waals surface area contributed by atoms with Crippen LogP contribution in [-0.2, 0) is 0 Å². The first kappa shape index (κ1) is 14.5. The second kappa shape index (κ2) is 5.88. The molecule has 3 nitrogen and oxygen atoms in total. The van der Waals surface area contributed by atoms with E-state index in [0.717, 1.165) is 11.3 Å².